The number of nitrogens with zero attached hydrogens (tertiary/aromatic N) is 4. The summed E-state index contributed by atoms with van der Waals surface area (Å²) in [5.74, 6) is 0.0614. The van der Waals surface area contributed by atoms with E-state index in [4.69, 9.17) is 27.8 Å². The molecule has 5 N–H and O–H groups in total. The second kappa shape index (κ2) is 7.54. The maximum atomic E-state index is 12.4. The van der Waals surface area contributed by atoms with E-state index in [0.717, 1.165) is 11.0 Å². The van der Waals surface area contributed by atoms with E-state index in [2.05, 4.69) is 20.3 Å². The molecule has 0 bridgehead atoms. The molecule has 136 valence electrons. The molecule has 1 amide bonds. The first-order valence-electron chi connectivity index (χ1n) is 7.81. The summed E-state index contributed by atoms with van der Waals surface area (Å²) >= 11 is 5.82. The number of carbonyl (C=O) groups is 1. The Labute approximate surface area is 154 Å². The summed E-state index contributed by atoms with van der Waals surface area (Å²) in [6.45, 7) is 1.31. The van der Waals surface area contributed by atoms with Crippen LogP contribution in [0.5, 0.6) is 0 Å². The molecular weight excluding hydrogens is 358 g/mol. The van der Waals surface area contributed by atoms with Gasteiger partial charge < -0.3 is 26.1 Å². The number of nitrogens with one attached hydrogen (secondary N) is 1. The van der Waals surface area contributed by atoms with Crippen molar-refractivity contribution in [2.24, 2.45) is 0 Å². The lowest BCUT2D eigenvalue weighted by Gasteiger charge is -2.10. The number of nitrogens with two attached hydrogens (primary N) is 2. The van der Waals surface area contributed by atoms with Crippen LogP contribution in [0.25, 0.3) is 11.0 Å². The number of rotatable bonds is 6. The van der Waals surface area contributed by atoms with E-state index in [9.17, 15) is 4.79 Å². The van der Waals surface area contributed by atoms with Crippen LogP contribution >= 0.6 is 11.6 Å². The highest BCUT2D eigenvalue weighted by molar-refractivity contribution is 6.31. The zero-order valence-electron chi connectivity index (χ0n) is 14.1. The number of carbonyl (C=O) groups excluding carboxylic acids is 1. The number of benzene rings is 1. The molecule has 1 aromatic carbocycles. The molecule has 0 aliphatic carbocycles. The lowest BCUT2D eigenvalue weighted by atomic mass is 10.3. The molecule has 0 atom stereocenters. The fraction of sp³-hybridized carbons (Fsp3) is 0.250. The Morgan fingerprint density at radius 3 is 2.77 bits per heavy atom. The van der Waals surface area contributed by atoms with Gasteiger partial charge >= 0.3 is 0 Å². The Balaban J connectivity index is 1.83. The molecule has 0 saturated carbocycles. The lowest BCUT2D eigenvalue weighted by molar-refractivity contribution is 0.0945. The van der Waals surface area contributed by atoms with Crippen molar-refractivity contribution in [3.63, 3.8) is 0 Å². The van der Waals surface area contributed by atoms with Crippen molar-refractivity contribution >= 4 is 40.2 Å². The number of amides is 1. The van der Waals surface area contributed by atoms with E-state index in [0.29, 0.717) is 19.0 Å². The third-order valence-corrected chi connectivity index (χ3v) is 4.06. The zero-order valence-corrected chi connectivity index (χ0v) is 14.8. The van der Waals surface area contributed by atoms with Crippen LogP contribution in [0.4, 0.5) is 11.6 Å². The molecule has 3 rings (SSSR count). The summed E-state index contributed by atoms with van der Waals surface area (Å²) in [7, 11) is 1.63. The van der Waals surface area contributed by atoms with Gasteiger partial charge in [-0.3, -0.25) is 4.79 Å². The summed E-state index contributed by atoms with van der Waals surface area (Å²) in [6.07, 6.45) is 0. The van der Waals surface area contributed by atoms with Gasteiger partial charge in [-0.25, -0.2) is 15.0 Å². The van der Waals surface area contributed by atoms with Crippen LogP contribution < -0.4 is 16.8 Å². The number of aromatic nitrogens is 4. The average molecular weight is 376 g/mol. The fourth-order valence-corrected chi connectivity index (χ4v) is 2.67. The highest BCUT2D eigenvalue weighted by Crippen LogP contribution is 2.18. The highest BCUT2D eigenvalue weighted by Gasteiger charge is 2.17. The molecule has 0 fully saturated rings. The first kappa shape index (κ1) is 17.9. The second-order valence-corrected chi connectivity index (χ2v) is 5.84. The van der Waals surface area contributed by atoms with Crippen LogP contribution in [-0.4, -0.2) is 39.1 Å². The van der Waals surface area contributed by atoms with Crippen LogP contribution in [-0.2, 0) is 17.8 Å². The number of anilines is 2. The molecule has 0 spiro atoms. The van der Waals surface area contributed by atoms with E-state index >= 15 is 0 Å². The van der Waals surface area contributed by atoms with E-state index in [-0.39, 0.29) is 29.0 Å². The van der Waals surface area contributed by atoms with Crippen molar-refractivity contribution in [1.82, 2.24) is 24.8 Å². The Bertz CT molecular complexity index is 957. The van der Waals surface area contributed by atoms with Crippen molar-refractivity contribution in [2.75, 3.05) is 25.2 Å². The molecule has 10 heteroatoms. The van der Waals surface area contributed by atoms with Crippen molar-refractivity contribution in [3.05, 3.63) is 40.9 Å². The van der Waals surface area contributed by atoms with Gasteiger partial charge in [0.25, 0.3) is 5.91 Å². The standard InChI is InChI=1S/C16H18ClN7O2/c1-26-7-6-24-10-5-3-2-4-9(10)21-11(24)8-20-16(25)12-14(18)23-15(19)13(17)22-12/h2-5H,6-8H2,1H3,(H,20,25)(H4,18,19,23). The molecule has 0 radical (unpaired) electrons. The maximum Gasteiger partial charge on any atom is 0.274 e. The number of fused-ring (bicyclic) bond motifs is 1. The fourth-order valence-electron chi connectivity index (χ4n) is 2.54. The molecule has 0 saturated heterocycles. The molecule has 9 nitrogen and oxygen atoms in total. The quantitative estimate of drug-likeness (QED) is 0.589. The zero-order chi connectivity index (χ0) is 18.7. The molecule has 26 heavy (non-hydrogen) atoms. The summed E-state index contributed by atoms with van der Waals surface area (Å²) in [6, 6.07) is 7.72. The number of nitrogen functional groups attached to an aromatic ring is 2. The average Bonchev–Trinajstić information content (AvgIpc) is 2.98. The predicted molar refractivity (Wildman–Crippen MR) is 98.6 cm³/mol. The van der Waals surface area contributed by atoms with Crippen LogP contribution in [0.3, 0.4) is 0 Å². The van der Waals surface area contributed by atoms with E-state index in [1.165, 1.54) is 0 Å². The first-order chi connectivity index (χ1) is 12.5. The normalized spacial score (nSPS) is 11.0. The Morgan fingerprint density at radius 2 is 2.00 bits per heavy atom. The molecular formula is C16H18ClN7O2. The number of para-hydroxylation sites is 2. The summed E-state index contributed by atoms with van der Waals surface area (Å²) in [5, 5.41) is 2.66. The minimum absolute atomic E-state index is 0.0259. The number of hydrogen-bond acceptors (Lipinski definition) is 7. The van der Waals surface area contributed by atoms with Gasteiger partial charge in [0, 0.05) is 13.7 Å². The lowest BCUT2D eigenvalue weighted by Crippen LogP contribution is -2.27. The molecule has 0 unspecified atom stereocenters. The SMILES string of the molecule is COCCn1c(CNC(=O)c2nc(Cl)c(N)nc2N)nc2ccccc21. The van der Waals surface area contributed by atoms with Gasteiger partial charge in [0.05, 0.1) is 24.2 Å². The summed E-state index contributed by atoms with van der Waals surface area (Å²) in [5.41, 5.74) is 12.9. The summed E-state index contributed by atoms with van der Waals surface area (Å²) < 4.78 is 7.15. The van der Waals surface area contributed by atoms with Gasteiger partial charge in [-0.2, -0.15) is 0 Å². The molecule has 3 aromatic rings. The highest BCUT2D eigenvalue weighted by atomic mass is 35.5. The van der Waals surface area contributed by atoms with E-state index in [1.807, 2.05) is 28.8 Å². The molecule has 2 aromatic heterocycles. The third-order valence-electron chi connectivity index (χ3n) is 3.78. The summed E-state index contributed by atoms with van der Waals surface area (Å²) in [4.78, 5) is 24.7. The number of ether oxygens (including phenoxy) is 1. The largest absolute Gasteiger partial charge is 0.383 e. The minimum Gasteiger partial charge on any atom is -0.383 e. The van der Waals surface area contributed by atoms with Crippen LogP contribution in [0, 0.1) is 0 Å². The minimum atomic E-state index is -0.512. The first-order valence-corrected chi connectivity index (χ1v) is 8.18. The smallest absolute Gasteiger partial charge is 0.274 e. The third kappa shape index (κ3) is 3.53. The Hall–Kier alpha value is -2.91. The van der Waals surface area contributed by atoms with Crippen LogP contribution in [0.2, 0.25) is 5.15 Å². The van der Waals surface area contributed by atoms with Gasteiger partial charge in [0.15, 0.2) is 22.5 Å². The second-order valence-electron chi connectivity index (χ2n) is 5.48. The number of methoxy groups -OCH3 is 1. The van der Waals surface area contributed by atoms with Gasteiger partial charge in [0.2, 0.25) is 0 Å². The van der Waals surface area contributed by atoms with Gasteiger partial charge in [-0.15, -0.1) is 0 Å². The van der Waals surface area contributed by atoms with Crippen molar-refractivity contribution < 1.29 is 9.53 Å². The predicted octanol–water partition coefficient (Wildman–Crippen LogP) is 1.22. The van der Waals surface area contributed by atoms with E-state index in [1.54, 1.807) is 7.11 Å². The van der Waals surface area contributed by atoms with Crippen molar-refractivity contribution in [1.29, 1.82) is 0 Å². The van der Waals surface area contributed by atoms with Crippen molar-refractivity contribution in [2.45, 2.75) is 13.1 Å². The topological polar surface area (TPSA) is 134 Å². The van der Waals surface area contributed by atoms with Gasteiger partial charge in [-0.05, 0) is 12.1 Å². The monoisotopic (exact) mass is 375 g/mol. The van der Waals surface area contributed by atoms with E-state index < -0.39 is 5.91 Å². The number of imidazole rings is 1. The van der Waals surface area contributed by atoms with Gasteiger partial charge in [0.1, 0.15) is 5.82 Å². The Morgan fingerprint density at radius 1 is 1.23 bits per heavy atom. The molecule has 0 aliphatic heterocycles. The van der Waals surface area contributed by atoms with Gasteiger partial charge in [-0.1, -0.05) is 23.7 Å². The van der Waals surface area contributed by atoms with Crippen LogP contribution in [0.15, 0.2) is 24.3 Å². The maximum absolute atomic E-state index is 12.4. The van der Waals surface area contributed by atoms with Crippen LogP contribution in [0.1, 0.15) is 16.3 Å². The van der Waals surface area contributed by atoms with Crippen molar-refractivity contribution in [3.8, 4) is 0 Å². The Kier molecular flexibility index (Phi) is 5.19. The molecule has 0 aliphatic rings. The molecule has 2 heterocycles. The number of halogens is 1. The number of hydrogen-bond donors (Lipinski definition) is 3.